The number of anilines is 2. The third-order valence-electron chi connectivity index (χ3n) is 3.28. The maximum atomic E-state index is 13.2. The molecule has 94 valence electrons. The Hall–Kier alpha value is -0.960. The second kappa shape index (κ2) is 4.73. The second-order valence-corrected chi connectivity index (χ2v) is 5.58. The van der Waals surface area contributed by atoms with Crippen LogP contribution in [0.1, 0.15) is 20.3 Å². The number of nitrogen functional groups attached to an aromatic ring is 1. The van der Waals surface area contributed by atoms with Crippen molar-refractivity contribution in [1.82, 2.24) is 0 Å². The maximum Gasteiger partial charge on any atom is 0.143 e. The van der Waals surface area contributed by atoms with Crippen molar-refractivity contribution in [3.8, 4) is 0 Å². The molecule has 1 saturated heterocycles. The van der Waals surface area contributed by atoms with Crippen LogP contribution in [-0.2, 0) is 0 Å². The van der Waals surface area contributed by atoms with Gasteiger partial charge in [-0.25, -0.2) is 4.39 Å². The molecule has 2 unspecified atom stereocenters. The Morgan fingerprint density at radius 3 is 2.47 bits per heavy atom. The Morgan fingerprint density at radius 1 is 1.29 bits per heavy atom. The van der Waals surface area contributed by atoms with E-state index in [0.29, 0.717) is 17.5 Å². The van der Waals surface area contributed by atoms with E-state index in [1.54, 1.807) is 6.07 Å². The van der Waals surface area contributed by atoms with Gasteiger partial charge in [0.15, 0.2) is 0 Å². The summed E-state index contributed by atoms with van der Waals surface area (Å²) in [6.45, 7) is 6.36. The summed E-state index contributed by atoms with van der Waals surface area (Å²) in [5.41, 5.74) is 7.19. The third kappa shape index (κ3) is 2.65. The molecule has 1 fully saturated rings. The van der Waals surface area contributed by atoms with Crippen molar-refractivity contribution in [2.24, 2.45) is 11.8 Å². The predicted octanol–water partition coefficient (Wildman–Crippen LogP) is 3.54. The molecule has 1 aromatic rings. The van der Waals surface area contributed by atoms with Crippen LogP contribution < -0.4 is 10.6 Å². The van der Waals surface area contributed by atoms with E-state index >= 15 is 0 Å². The Morgan fingerprint density at radius 2 is 1.88 bits per heavy atom. The van der Waals surface area contributed by atoms with Crippen molar-refractivity contribution in [2.45, 2.75) is 20.3 Å². The van der Waals surface area contributed by atoms with Gasteiger partial charge < -0.3 is 10.6 Å². The number of rotatable bonds is 1. The summed E-state index contributed by atoms with van der Waals surface area (Å²) >= 11 is 5.82. The van der Waals surface area contributed by atoms with Gasteiger partial charge in [0.2, 0.25) is 0 Å². The standard InChI is InChI=1S/C13H18ClFN2/c1-8-3-9(2)7-17(6-8)13-4-10(14)11(15)5-12(13)16/h4-5,8-9H,3,6-7,16H2,1-2H3. The second-order valence-electron chi connectivity index (χ2n) is 5.18. The third-order valence-corrected chi connectivity index (χ3v) is 3.57. The zero-order valence-corrected chi connectivity index (χ0v) is 11.0. The molecule has 17 heavy (non-hydrogen) atoms. The summed E-state index contributed by atoms with van der Waals surface area (Å²) in [5, 5.41) is 0.139. The zero-order chi connectivity index (χ0) is 12.6. The van der Waals surface area contributed by atoms with Crippen molar-refractivity contribution in [1.29, 1.82) is 0 Å². The number of piperidine rings is 1. The molecule has 1 aliphatic heterocycles. The van der Waals surface area contributed by atoms with Gasteiger partial charge in [0.25, 0.3) is 0 Å². The molecule has 2 rings (SSSR count). The summed E-state index contributed by atoms with van der Waals surface area (Å²) in [6, 6.07) is 2.94. The minimum absolute atomic E-state index is 0.139. The lowest BCUT2D eigenvalue weighted by molar-refractivity contribution is 0.357. The maximum absolute atomic E-state index is 13.2. The highest BCUT2D eigenvalue weighted by molar-refractivity contribution is 6.31. The predicted molar refractivity (Wildman–Crippen MR) is 71.0 cm³/mol. The van der Waals surface area contributed by atoms with Crippen LogP contribution in [0.5, 0.6) is 0 Å². The van der Waals surface area contributed by atoms with E-state index in [4.69, 9.17) is 17.3 Å². The Balaban J connectivity index is 2.30. The molecule has 2 N–H and O–H groups in total. The van der Waals surface area contributed by atoms with Gasteiger partial charge in [-0.15, -0.1) is 0 Å². The van der Waals surface area contributed by atoms with Gasteiger partial charge in [-0.05, 0) is 24.3 Å². The summed E-state index contributed by atoms with van der Waals surface area (Å²) in [4.78, 5) is 2.21. The molecule has 0 amide bonds. The van der Waals surface area contributed by atoms with E-state index in [1.807, 2.05) is 0 Å². The fourth-order valence-electron chi connectivity index (χ4n) is 2.69. The first-order valence-corrected chi connectivity index (χ1v) is 6.34. The van der Waals surface area contributed by atoms with Crippen LogP contribution in [0.4, 0.5) is 15.8 Å². The SMILES string of the molecule is CC1CC(C)CN(c2cc(Cl)c(F)cc2N)C1. The van der Waals surface area contributed by atoms with Crippen molar-refractivity contribution in [3.63, 3.8) is 0 Å². The average molecular weight is 257 g/mol. The molecule has 2 nitrogen and oxygen atoms in total. The van der Waals surface area contributed by atoms with Gasteiger partial charge in [0.1, 0.15) is 5.82 Å². The Kier molecular flexibility index (Phi) is 3.48. The quantitative estimate of drug-likeness (QED) is 0.779. The van der Waals surface area contributed by atoms with E-state index in [9.17, 15) is 4.39 Å². The van der Waals surface area contributed by atoms with Crippen LogP contribution in [0.2, 0.25) is 5.02 Å². The lowest BCUT2D eigenvalue weighted by atomic mass is 9.91. The van der Waals surface area contributed by atoms with Crippen LogP contribution >= 0.6 is 11.6 Å². The number of halogens is 2. The lowest BCUT2D eigenvalue weighted by Crippen LogP contribution is -2.39. The van der Waals surface area contributed by atoms with Crippen LogP contribution in [0.25, 0.3) is 0 Å². The minimum atomic E-state index is -0.453. The fourth-order valence-corrected chi connectivity index (χ4v) is 2.84. The number of hydrogen-bond acceptors (Lipinski definition) is 2. The molecule has 0 saturated carbocycles. The van der Waals surface area contributed by atoms with Crippen LogP contribution in [0.15, 0.2) is 12.1 Å². The van der Waals surface area contributed by atoms with Crippen LogP contribution in [-0.4, -0.2) is 13.1 Å². The van der Waals surface area contributed by atoms with E-state index in [2.05, 4.69) is 18.7 Å². The topological polar surface area (TPSA) is 29.3 Å². The molecule has 2 atom stereocenters. The lowest BCUT2D eigenvalue weighted by Gasteiger charge is -2.37. The van der Waals surface area contributed by atoms with Gasteiger partial charge >= 0.3 is 0 Å². The Bertz CT molecular complexity index is 412. The molecule has 1 aliphatic rings. The van der Waals surface area contributed by atoms with Crippen molar-refractivity contribution in [2.75, 3.05) is 23.7 Å². The minimum Gasteiger partial charge on any atom is -0.397 e. The molecule has 0 spiro atoms. The van der Waals surface area contributed by atoms with Gasteiger partial charge in [0.05, 0.1) is 16.4 Å². The molecule has 1 heterocycles. The van der Waals surface area contributed by atoms with Gasteiger partial charge in [-0.2, -0.15) is 0 Å². The molecular weight excluding hydrogens is 239 g/mol. The summed E-state index contributed by atoms with van der Waals surface area (Å²) < 4.78 is 13.2. The largest absolute Gasteiger partial charge is 0.397 e. The first-order chi connectivity index (χ1) is 7.97. The van der Waals surface area contributed by atoms with Gasteiger partial charge in [0, 0.05) is 19.2 Å². The number of nitrogens with two attached hydrogens (primary N) is 1. The van der Waals surface area contributed by atoms with Gasteiger partial charge in [-0.1, -0.05) is 25.4 Å². The first-order valence-electron chi connectivity index (χ1n) is 5.97. The zero-order valence-electron chi connectivity index (χ0n) is 10.2. The van der Waals surface area contributed by atoms with E-state index in [1.165, 1.54) is 12.5 Å². The molecular formula is C13H18ClFN2. The van der Waals surface area contributed by atoms with E-state index in [0.717, 1.165) is 18.8 Å². The smallest absolute Gasteiger partial charge is 0.143 e. The fraction of sp³-hybridized carbons (Fsp3) is 0.538. The van der Waals surface area contributed by atoms with Gasteiger partial charge in [-0.3, -0.25) is 0 Å². The highest BCUT2D eigenvalue weighted by Crippen LogP contribution is 2.33. The molecule has 0 aliphatic carbocycles. The normalized spacial score (nSPS) is 25.1. The summed E-state index contributed by atoms with van der Waals surface area (Å²) in [7, 11) is 0. The number of hydrogen-bond donors (Lipinski definition) is 1. The number of nitrogens with zero attached hydrogens (tertiary/aromatic N) is 1. The number of benzene rings is 1. The first kappa shape index (κ1) is 12.5. The van der Waals surface area contributed by atoms with Crippen molar-refractivity contribution < 1.29 is 4.39 Å². The molecule has 0 radical (unpaired) electrons. The Labute approximate surface area is 107 Å². The van der Waals surface area contributed by atoms with E-state index in [-0.39, 0.29) is 5.02 Å². The van der Waals surface area contributed by atoms with Crippen molar-refractivity contribution >= 4 is 23.0 Å². The molecule has 0 bridgehead atoms. The van der Waals surface area contributed by atoms with E-state index < -0.39 is 5.82 Å². The summed E-state index contributed by atoms with van der Waals surface area (Å²) in [5.74, 6) is 0.801. The molecule has 4 heteroatoms. The molecule has 0 aromatic heterocycles. The highest BCUT2D eigenvalue weighted by Gasteiger charge is 2.23. The molecule has 1 aromatic carbocycles. The average Bonchev–Trinajstić information content (AvgIpc) is 2.22. The monoisotopic (exact) mass is 256 g/mol. The van der Waals surface area contributed by atoms with Crippen LogP contribution in [0.3, 0.4) is 0 Å². The summed E-state index contributed by atoms with van der Waals surface area (Å²) in [6.07, 6.45) is 1.23. The highest BCUT2D eigenvalue weighted by atomic mass is 35.5. The van der Waals surface area contributed by atoms with Crippen LogP contribution in [0, 0.1) is 17.7 Å². The van der Waals surface area contributed by atoms with Crippen molar-refractivity contribution in [3.05, 3.63) is 23.0 Å².